The molecule has 0 heterocycles. The minimum absolute atomic E-state index is 0.945. The molecule has 0 saturated carbocycles. The number of nitrogens with two attached hydrogens (primary N) is 2. The van der Waals surface area contributed by atoms with E-state index in [1.807, 2.05) is 0 Å². The third-order valence-electron chi connectivity index (χ3n) is 0.980. The molecule has 0 atom stereocenters. The van der Waals surface area contributed by atoms with E-state index in [0.29, 0.717) is 0 Å². The van der Waals surface area contributed by atoms with Gasteiger partial charge < -0.3 is 0 Å². The normalized spacial score (nSPS) is 12.6. The van der Waals surface area contributed by atoms with Gasteiger partial charge in [0.1, 0.15) is 5.54 Å². The molecule has 0 aliphatic carbocycles. The Hall–Kier alpha value is 0.660. The van der Waals surface area contributed by atoms with Gasteiger partial charge in [0.15, 0.2) is 0 Å². The van der Waals surface area contributed by atoms with Crippen LogP contribution in [0.3, 0.4) is 0 Å². The van der Waals surface area contributed by atoms with Crippen LogP contribution in [0.15, 0.2) is 12.2 Å². The first-order valence-corrected chi connectivity index (χ1v) is 8.06. The van der Waals surface area contributed by atoms with Crippen molar-refractivity contribution < 1.29 is 0 Å². The fourth-order valence-corrected chi connectivity index (χ4v) is 2.92. The van der Waals surface area contributed by atoms with Crippen molar-refractivity contribution in [2.75, 3.05) is 5.75 Å². The second-order valence-electron chi connectivity index (χ2n) is 2.15. The second-order valence-corrected chi connectivity index (χ2v) is 9.20. The van der Waals surface area contributed by atoms with E-state index in [1.54, 1.807) is 0 Å². The van der Waals surface area contributed by atoms with Gasteiger partial charge >= 0.3 is 0 Å². The van der Waals surface area contributed by atoms with Crippen LogP contribution < -0.4 is 11.0 Å². The maximum absolute atomic E-state index is 5.49. The first-order chi connectivity index (χ1) is 5.06. The van der Waals surface area contributed by atoms with E-state index in [4.69, 9.17) is 22.8 Å². The first kappa shape index (κ1) is 11.7. The SMILES string of the molecule is CCC=CCCSP(N)(N)=S. The third kappa shape index (κ3) is 10.7. The lowest BCUT2D eigenvalue weighted by Gasteiger charge is -2.06. The van der Waals surface area contributed by atoms with Crippen LogP contribution in [0, 0.1) is 0 Å². The summed E-state index contributed by atoms with van der Waals surface area (Å²) in [5, 5.41) is 0. The summed E-state index contributed by atoms with van der Waals surface area (Å²) in [5.74, 6) is 0.945. The summed E-state index contributed by atoms with van der Waals surface area (Å²) < 4.78 is 0. The van der Waals surface area contributed by atoms with Crippen LogP contribution in [0.25, 0.3) is 0 Å². The maximum atomic E-state index is 5.49. The average Bonchev–Trinajstić information content (AvgIpc) is 1.85. The summed E-state index contributed by atoms with van der Waals surface area (Å²) in [6, 6.07) is 0. The smallest absolute Gasteiger partial charge is 0.122 e. The molecule has 4 N–H and O–H groups in total. The highest BCUT2D eigenvalue weighted by Gasteiger charge is 2.00. The maximum Gasteiger partial charge on any atom is 0.122 e. The zero-order valence-electron chi connectivity index (χ0n) is 6.69. The highest BCUT2D eigenvalue weighted by atomic mass is 32.9. The molecule has 0 bridgehead atoms. The lowest BCUT2D eigenvalue weighted by molar-refractivity contribution is 1.17. The fraction of sp³-hybridized carbons (Fsp3) is 0.667. The molecule has 0 aromatic carbocycles. The highest BCUT2D eigenvalue weighted by molar-refractivity contribution is 8.69. The minimum atomic E-state index is -2.00. The van der Waals surface area contributed by atoms with Crippen LogP contribution in [0.5, 0.6) is 0 Å². The number of allylic oxidation sites excluding steroid dienone is 2. The highest BCUT2D eigenvalue weighted by Crippen LogP contribution is 2.43. The van der Waals surface area contributed by atoms with Crippen molar-refractivity contribution in [2.45, 2.75) is 19.8 Å². The molecule has 0 aromatic heterocycles. The Morgan fingerprint density at radius 1 is 1.45 bits per heavy atom. The zero-order chi connectivity index (χ0) is 8.74. The summed E-state index contributed by atoms with van der Waals surface area (Å²) in [4.78, 5) is 0. The third-order valence-corrected chi connectivity index (χ3v) is 4.51. The van der Waals surface area contributed by atoms with Crippen LogP contribution >= 0.6 is 16.9 Å². The van der Waals surface area contributed by atoms with Gasteiger partial charge in [0, 0.05) is 5.75 Å². The number of hydrogen-bond acceptors (Lipinski definition) is 2. The molecular weight excluding hydrogens is 195 g/mol. The van der Waals surface area contributed by atoms with E-state index in [-0.39, 0.29) is 0 Å². The van der Waals surface area contributed by atoms with Crippen LogP contribution in [0.2, 0.25) is 0 Å². The molecule has 0 radical (unpaired) electrons. The van der Waals surface area contributed by atoms with Gasteiger partial charge in [0.25, 0.3) is 0 Å². The summed E-state index contributed by atoms with van der Waals surface area (Å²) in [6.07, 6.45) is 6.38. The molecule has 0 aromatic rings. The van der Waals surface area contributed by atoms with Gasteiger partial charge in [-0.25, -0.2) is 0 Å². The molecule has 0 saturated heterocycles. The second kappa shape index (κ2) is 6.21. The molecule has 0 fully saturated rings. The fourth-order valence-electron chi connectivity index (χ4n) is 0.548. The topological polar surface area (TPSA) is 52.0 Å². The van der Waals surface area contributed by atoms with Gasteiger partial charge in [-0.3, -0.25) is 11.0 Å². The molecular formula is C6H15N2PS2. The molecule has 5 heteroatoms. The largest absolute Gasteiger partial charge is 0.283 e. The van der Waals surface area contributed by atoms with Crippen molar-refractivity contribution in [3.63, 3.8) is 0 Å². The summed E-state index contributed by atoms with van der Waals surface area (Å²) in [6.45, 7) is 2.11. The molecule has 0 aliphatic rings. The Morgan fingerprint density at radius 3 is 2.55 bits per heavy atom. The van der Waals surface area contributed by atoms with Gasteiger partial charge in [-0.1, -0.05) is 42.3 Å². The first-order valence-electron chi connectivity index (χ1n) is 3.53. The summed E-state index contributed by atoms with van der Waals surface area (Å²) in [5.41, 5.74) is 8.99. The Labute approximate surface area is 77.7 Å². The summed E-state index contributed by atoms with van der Waals surface area (Å²) in [7, 11) is 0. The standard InChI is InChI=1S/C6H15N2PS2/c1-2-3-4-5-6-11-9(7,8)10/h3-4H,2,5-6H2,1H3,(H4,7,8,10). The Kier molecular flexibility index (Phi) is 6.58. The van der Waals surface area contributed by atoms with Crippen molar-refractivity contribution in [1.29, 1.82) is 0 Å². The van der Waals surface area contributed by atoms with Crippen LogP contribution in [0.4, 0.5) is 0 Å². The van der Waals surface area contributed by atoms with E-state index < -0.39 is 5.54 Å². The van der Waals surface area contributed by atoms with E-state index in [2.05, 4.69) is 19.1 Å². The predicted molar refractivity (Wildman–Crippen MR) is 59.2 cm³/mol. The van der Waals surface area contributed by atoms with Gasteiger partial charge in [0.05, 0.1) is 0 Å². The monoisotopic (exact) mass is 210 g/mol. The Bertz CT molecular complexity index is 164. The molecule has 0 spiro atoms. The molecule has 0 aliphatic heterocycles. The van der Waals surface area contributed by atoms with E-state index in [9.17, 15) is 0 Å². The van der Waals surface area contributed by atoms with E-state index in [0.717, 1.165) is 18.6 Å². The lowest BCUT2D eigenvalue weighted by atomic mass is 10.4. The lowest BCUT2D eigenvalue weighted by Crippen LogP contribution is -1.99. The van der Waals surface area contributed by atoms with Gasteiger partial charge in [-0.2, -0.15) is 0 Å². The molecule has 2 nitrogen and oxygen atoms in total. The zero-order valence-corrected chi connectivity index (χ0v) is 9.22. The quantitative estimate of drug-likeness (QED) is 0.415. The van der Waals surface area contributed by atoms with Crippen molar-refractivity contribution in [2.24, 2.45) is 11.0 Å². The van der Waals surface area contributed by atoms with Gasteiger partial charge in [-0.05, 0) is 12.8 Å². The van der Waals surface area contributed by atoms with E-state index in [1.165, 1.54) is 11.4 Å². The van der Waals surface area contributed by atoms with Crippen molar-refractivity contribution in [3.8, 4) is 0 Å². The molecule has 11 heavy (non-hydrogen) atoms. The number of hydrogen-bond donors (Lipinski definition) is 2. The van der Waals surface area contributed by atoms with Crippen molar-refractivity contribution >= 4 is 28.7 Å². The number of rotatable bonds is 5. The Morgan fingerprint density at radius 2 is 2.09 bits per heavy atom. The van der Waals surface area contributed by atoms with Gasteiger partial charge in [-0.15, -0.1) is 0 Å². The van der Waals surface area contributed by atoms with Crippen LogP contribution in [-0.2, 0) is 11.8 Å². The molecule has 0 rings (SSSR count). The van der Waals surface area contributed by atoms with Crippen molar-refractivity contribution in [3.05, 3.63) is 12.2 Å². The van der Waals surface area contributed by atoms with E-state index >= 15 is 0 Å². The minimum Gasteiger partial charge on any atom is -0.283 e. The Balaban J connectivity index is 3.29. The molecule has 0 amide bonds. The predicted octanol–water partition coefficient (Wildman–Crippen LogP) is 2.22. The van der Waals surface area contributed by atoms with Crippen LogP contribution in [-0.4, -0.2) is 5.75 Å². The van der Waals surface area contributed by atoms with Crippen molar-refractivity contribution in [1.82, 2.24) is 0 Å². The average molecular weight is 210 g/mol. The van der Waals surface area contributed by atoms with Gasteiger partial charge in [0.2, 0.25) is 0 Å². The molecule has 0 unspecified atom stereocenters. The molecule has 66 valence electrons. The summed E-state index contributed by atoms with van der Waals surface area (Å²) >= 11 is 6.38. The van der Waals surface area contributed by atoms with Crippen LogP contribution in [0.1, 0.15) is 19.8 Å².